The minimum absolute atomic E-state index is 0.250. The molecule has 1 aromatic rings. The quantitative estimate of drug-likeness (QED) is 0.864. The van der Waals surface area contributed by atoms with Gasteiger partial charge in [-0.05, 0) is 30.5 Å². The molecule has 1 atom stereocenters. The number of benzene rings is 1. The van der Waals surface area contributed by atoms with Gasteiger partial charge in [-0.15, -0.1) is 0 Å². The van der Waals surface area contributed by atoms with Gasteiger partial charge >= 0.3 is 5.97 Å². The van der Waals surface area contributed by atoms with Gasteiger partial charge in [0.1, 0.15) is 6.04 Å². The second-order valence-electron chi connectivity index (χ2n) is 4.74. The van der Waals surface area contributed by atoms with Crippen LogP contribution in [0.15, 0.2) is 28.7 Å². The van der Waals surface area contributed by atoms with Crippen molar-refractivity contribution in [3.63, 3.8) is 0 Å². The van der Waals surface area contributed by atoms with Crippen LogP contribution in [0, 0.1) is 0 Å². The van der Waals surface area contributed by atoms with E-state index in [4.69, 9.17) is 4.74 Å². The van der Waals surface area contributed by atoms with Crippen LogP contribution in [-0.2, 0) is 9.53 Å². The molecule has 1 fully saturated rings. The number of rotatable bonds is 3. The van der Waals surface area contributed by atoms with Gasteiger partial charge in [-0.3, -0.25) is 4.90 Å². The summed E-state index contributed by atoms with van der Waals surface area (Å²) >= 11 is 3.39. The van der Waals surface area contributed by atoms with Crippen molar-refractivity contribution < 1.29 is 14.6 Å². The third-order valence-corrected chi connectivity index (χ3v) is 4.00. The minimum atomic E-state index is -0.384. The first-order valence-electron chi connectivity index (χ1n) is 6.37. The molecule has 0 aromatic heterocycles. The molecule has 0 spiro atoms. The van der Waals surface area contributed by atoms with E-state index in [1.165, 1.54) is 7.11 Å². The Morgan fingerprint density at radius 1 is 1.37 bits per heavy atom. The molecule has 0 aliphatic carbocycles. The summed E-state index contributed by atoms with van der Waals surface area (Å²) in [5.41, 5.74) is 0.923. The third-order valence-electron chi connectivity index (χ3n) is 3.47. The average molecular weight is 328 g/mol. The van der Waals surface area contributed by atoms with Crippen LogP contribution in [0.5, 0.6) is 0 Å². The smallest absolute Gasteiger partial charge is 0.327 e. The van der Waals surface area contributed by atoms with E-state index < -0.39 is 0 Å². The molecular formula is C14H18BrNO3. The number of carbonyl (C=O) groups is 1. The largest absolute Gasteiger partial charge is 0.468 e. The number of hydrogen-bond acceptors (Lipinski definition) is 4. The number of hydrogen-bond donors (Lipinski definition) is 1. The molecule has 2 rings (SSSR count). The van der Waals surface area contributed by atoms with Gasteiger partial charge in [0.05, 0.1) is 13.2 Å². The first kappa shape index (κ1) is 14.5. The van der Waals surface area contributed by atoms with Gasteiger partial charge in [0.2, 0.25) is 0 Å². The zero-order valence-electron chi connectivity index (χ0n) is 10.9. The molecule has 0 radical (unpaired) electrons. The van der Waals surface area contributed by atoms with E-state index in [0.29, 0.717) is 25.9 Å². The van der Waals surface area contributed by atoms with E-state index in [-0.39, 0.29) is 18.1 Å². The van der Waals surface area contributed by atoms with Crippen LogP contribution in [0.2, 0.25) is 0 Å². The number of ether oxygens (including phenoxy) is 1. The van der Waals surface area contributed by atoms with Crippen molar-refractivity contribution in [1.29, 1.82) is 0 Å². The summed E-state index contributed by atoms with van der Waals surface area (Å²) in [6.45, 7) is 1.41. The molecule has 19 heavy (non-hydrogen) atoms. The Bertz CT molecular complexity index is 427. The second kappa shape index (κ2) is 6.50. The minimum Gasteiger partial charge on any atom is -0.468 e. The highest BCUT2D eigenvalue weighted by molar-refractivity contribution is 9.10. The molecule has 1 N–H and O–H groups in total. The molecule has 104 valence electrons. The Morgan fingerprint density at radius 2 is 1.95 bits per heavy atom. The molecule has 1 heterocycles. The zero-order valence-corrected chi connectivity index (χ0v) is 12.5. The monoisotopic (exact) mass is 327 g/mol. The summed E-state index contributed by atoms with van der Waals surface area (Å²) in [7, 11) is 1.41. The Balaban J connectivity index is 2.21. The summed E-state index contributed by atoms with van der Waals surface area (Å²) < 4.78 is 5.90. The van der Waals surface area contributed by atoms with E-state index in [1.807, 2.05) is 24.3 Å². The van der Waals surface area contributed by atoms with Crippen LogP contribution in [0.3, 0.4) is 0 Å². The standard InChI is InChI=1S/C14H18BrNO3/c1-19-14(18)13(10-2-4-11(15)5-3-10)16-8-6-12(17)7-9-16/h2-5,12-13,17H,6-9H2,1H3/t13-/m0/s1. The molecule has 0 amide bonds. The SMILES string of the molecule is COC(=O)[C@H](c1ccc(Br)cc1)N1CCC(O)CC1. The molecule has 1 aliphatic rings. The maximum atomic E-state index is 12.0. The van der Waals surface area contributed by atoms with Crippen LogP contribution < -0.4 is 0 Å². The first-order chi connectivity index (χ1) is 9.11. The number of likely N-dealkylation sites (tertiary alicyclic amines) is 1. The van der Waals surface area contributed by atoms with Gasteiger partial charge in [-0.25, -0.2) is 4.79 Å². The topological polar surface area (TPSA) is 49.8 Å². The lowest BCUT2D eigenvalue weighted by atomic mass is 10.0. The number of methoxy groups -OCH3 is 1. The lowest BCUT2D eigenvalue weighted by molar-refractivity contribution is -0.148. The van der Waals surface area contributed by atoms with E-state index in [2.05, 4.69) is 20.8 Å². The molecular weight excluding hydrogens is 310 g/mol. The maximum Gasteiger partial charge on any atom is 0.327 e. The average Bonchev–Trinajstić information content (AvgIpc) is 2.43. The molecule has 0 bridgehead atoms. The van der Waals surface area contributed by atoms with Gasteiger partial charge in [0, 0.05) is 17.6 Å². The molecule has 0 saturated carbocycles. The van der Waals surface area contributed by atoms with Crippen molar-refractivity contribution in [2.24, 2.45) is 0 Å². The molecule has 5 heteroatoms. The third kappa shape index (κ3) is 3.55. The van der Waals surface area contributed by atoms with E-state index in [1.54, 1.807) is 0 Å². The fourth-order valence-corrected chi connectivity index (χ4v) is 2.66. The zero-order chi connectivity index (χ0) is 13.8. The second-order valence-corrected chi connectivity index (χ2v) is 5.66. The number of esters is 1. The summed E-state index contributed by atoms with van der Waals surface area (Å²) in [6, 6.07) is 7.31. The highest BCUT2D eigenvalue weighted by atomic mass is 79.9. The molecule has 0 unspecified atom stereocenters. The number of piperidine rings is 1. The van der Waals surface area contributed by atoms with Crippen LogP contribution in [0.25, 0.3) is 0 Å². The molecule has 1 aromatic carbocycles. The van der Waals surface area contributed by atoms with Crippen molar-refractivity contribution in [3.8, 4) is 0 Å². The first-order valence-corrected chi connectivity index (χ1v) is 7.16. The van der Waals surface area contributed by atoms with Crippen molar-refractivity contribution in [3.05, 3.63) is 34.3 Å². The van der Waals surface area contributed by atoms with Gasteiger partial charge in [-0.1, -0.05) is 28.1 Å². The lowest BCUT2D eigenvalue weighted by Gasteiger charge is -2.34. The normalized spacial score (nSPS) is 19.1. The van der Waals surface area contributed by atoms with Gasteiger partial charge in [-0.2, -0.15) is 0 Å². The lowest BCUT2D eigenvalue weighted by Crippen LogP contribution is -2.41. The van der Waals surface area contributed by atoms with E-state index >= 15 is 0 Å². The highest BCUT2D eigenvalue weighted by Crippen LogP contribution is 2.27. The fourth-order valence-electron chi connectivity index (χ4n) is 2.40. The fraction of sp³-hybridized carbons (Fsp3) is 0.500. The Morgan fingerprint density at radius 3 is 2.47 bits per heavy atom. The summed E-state index contributed by atoms with van der Waals surface area (Å²) in [5.74, 6) is -0.251. The number of aliphatic hydroxyl groups excluding tert-OH is 1. The van der Waals surface area contributed by atoms with Crippen LogP contribution in [0.1, 0.15) is 24.4 Å². The van der Waals surface area contributed by atoms with Crippen LogP contribution in [0.4, 0.5) is 0 Å². The van der Waals surface area contributed by atoms with Gasteiger partial charge < -0.3 is 9.84 Å². The number of aliphatic hydroxyl groups is 1. The predicted molar refractivity (Wildman–Crippen MR) is 75.7 cm³/mol. The summed E-state index contributed by atoms with van der Waals surface area (Å²) in [4.78, 5) is 14.1. The Hall–Kier alpha value is -0.910. The molecule has 1 aliphatic heterocycles. The summed E-state index contributed by atoms with van der Waals surface area (Å²) in [5, 5.41) is 9.56. The number of halogens is 1. The Labute approximate surface area is 121 Å². The van der Waals surface area contributed by atoms with Crippen LogP contribution in [-0.4, -0.2) is 42.3 Å². The predicted octanol–water partition coefficient (Wildman–Crippen LogP) is 2.12. The molecule has 4 nitrogen and oxygen atoms in total. The number of nitrogens with zero attached hydrogens (tertiary/aromatic N) is 1. The number of carbonyl (C=O) groups excluding carboxylic acids is 1. The highest BCUT2D eigenvalue weighted by Gasteiger charge is 2.31. The Kier molecular flexibility index (Phi) is 4.96. The van der Waals surface area contributed by atoms with Crippen LogP contribution >= 0.6 is 15.9 Å². The van der Waals surface area contributed by atoms with Crippen molar-refractivity contribution in [2.75, 3.05) is 20.2 Å². The maximum absolute atomic E-state index is 12.0. The summed E-state index contributed by atoms with van der Waals surface area (Å²) in [6.07, 6.45) is 1.15. The molecule has 1 saturated heterocycles. The van der Waals surface area contributed by atoms with E-state index in [0.717, 1.165) is 10.0 Å². The van der Waals surface area contributed by atoms with Crippen molar-refractivity contribution in [2.45, 2.75) is 25.0 Å². The van der Waals surface area contributed by atoms with Gasteiger partial charge in [0.25, 0.3) is 0 Å². The van der Waals surface area contributed by atoms with E-state index in [9.17, 15) is 9.90 Å². The van der Waals surface area contributed by atoms with Crippen molar-refractivity contribution in [1.82, 2.24) is 4.90 Å². The van der Waals surface area contributed by atoms with Crippen molar-refractivity contribution >= 4 is 21.9 Å². The van der Waals surface area contributed by atoms with Gasteiger partial charge in [0.15, 0.2) is 0 Å².